The number of hydrogen-bond acceptors (Lipinski definition) is 3. The van der Waals surface area contributed by atoms with E-state index in [-0.39, 0.29) is 11.9 Å². The first-order valence-electron chi connectivity index (χ1n) is 5.46. The lowest BCUT2D eigenvalue weighted by Gasteiger charge is -2.23. The van der Waals surface area contributed by atoms with Crippen LogP contribution >= 0.6 is 22.7 Å². The molecule has 0 aliphatic heterocycles. The standard InChI is InChI=1S/C13H15NOS2/c1-9-6-7-11(17-9)10(2)14(3)13(15)12-5-4-8-16-12/h4-8,10H,1-3H3. The van der Waals surface area contributed by atoms with Gasteiger partial charge in [-0.3, -0.25) is 4.79 Å². The SMILES string of the molecule is Cc1ccc(C(C)N(C)C(=O)c2cccs2)s1. The Kier molecular flexibility index (Phi) is 3.64. The van der Waals surface area contributed by atoms with Gasteiger partial charge in [0.15, 0.2) is 0 Å². The number of rotatable bonds is 3. The highest BCUT2D eigenvalue weighted by molar-refractivity contribution is 7.12. The van der Waals surface area contributed by atoms with Crippen molar-refractivity contribution in [2.75, 3.05) is 7.05 Å². The number of hydrogen-bond donors (Lipinski definition) is 0. The van der Waals surface area contributed by atoms with Crippen molar-refractivity contribution < 1.29 is 4.79 Å². The normalized spacial score (nSPS) is 12.4. The van der Waals surface area contributed by atoms with Crippen LogP contribution in [0.4, 0.5) is 0 Å². The van der Waals surface area contributed by atoms with Crippen molar-refractivity contribution in [2.45, 2.75) is 19.9 Å². The topological polar surface area (TPSA) is 20.3 Å². The molecule has 90 valence electrons. The molecule has 0 saturated carbocycles. The van der Waals surface area contributed by atoms with E-state index in [0.717, 1.165) is 4.88 Å². The second kappa shape index (κ2) is 5.02. The Morgan fingerprint density at radius 3 is 2.65 bits per heavy atom. The second-order valence-corrected chi connectivity index (χ2v) is 6.28. The molecule has 2 aromatic heterocycles. The number of nitrogens with zero attached hydrogens (tertiary/aromatic N) is 1. The van der Waals surface area contributed by atoms with Crippen molar-refractivity contribution in [3.8, 4) is 0 Å². The molecule has 0 aliphatic carbocycles. The third kappa shape index (κ3) is 2.58. The van der Waals surface area contributed by atoms with Gasteiger partial charge >= 0.3 is 0 Å². The van der Waals surface area contributed by atoms with Crippen LogP contribution < -0.4 is 0 Å². The summed E-state index contributed by atoms with van der Waals surface area (Å²) in [4.78, 5) is 17.3. The molecule has 0 aliphatic rings. The smallest absolute Gasteiger partial charge is 0.264 e. The fourth-order valence-corrected chi connectivity index (χ4v) is 3.30. The second-order valence-electron chi connectivity index (χ2n) is 4.02. The maximum absolute atomic E-state index is 12.2. The third-order valence-electron chi connectivity index (χ3n) is 2.81. The molecule has 0 spiro atoms. The molecule has 0 N–H and O–H groups in total. The molecule has 0 aromatic carbocycles. The molecule has 2 rings (SSSR count). The maximum atomic E-state index is 12.2. The highest BCUT2D eigenvalue weighted by atomic mass is 32.1. The zero-order valence-corrected chi connectivity index (χ0v) is 11.8. The van der Waals surface area contributed by atoms with Crippen LogP contribution in [0.25, 0.3) is 0 Å². The minimum absolute atomic E-state index is 0.0959. The van der Waals surface area contributed by atoms with Crippen LogP contribution in [0.15, 0.2) is 29.6 Å². The van der Waals surface area contributed by atoms with Crippen molar-refractivity contribution in [3.05, 3.63) is 44.3 Å². The van der Waals surface area contributed by atoms with Gasteiger partial charge < -0.3 is 4.90 Å². The van der Waals surface area contributed by atoms with Crippen molar-refractivity contribution in [2.24, 2.45) is 0 Å². The van der Waals surface area contributed by atoms with Crippen molar-refractivity contribution in [1.82, 2.24) is 4.90 Å². The summed E-state index contributed by atoms with van der Waals surface area (Å²) in [6, 6.07) is 8.10. The number of carbonyl (C=O) groups is 1. The fourth-order valence-electron chi connectivity index (χ4n) is 1.62. The Morgan fingerprint density at radius 1 is 1.35 bits per heavy atom. The van der Waals surface area contributed by atoms with Gasteiger partial charge in [-0.05, 0) is 37.4 Å². The first-order valence-corrected chi connectivity index (χ1v) is 7.16. The Hall–Kier alpha value is -1.13. The predicted octanol–water partition coefficient (Wildman–Crippen LogP) is 3.95. The van der Waals surface area contributed by atoms with Gasteiger partial charge in [-0.25, -0.2) is 0 Å². The van der Waals surface area contributed by atoms with Gasteiger partial charge in [0.25, 0.3) is 5.91 Å². The van der Waals surface area contributed by atoms with Crippen LogP contribution in [0.3, 0.4) is 0 Å². The van der Waals surface area contributed by atoms with Crippen molar-refractivity contribution in [1.29, 1.82) is 0 Å². The Labute approximate surface area is 110 Å². The van der Waals surface area contributed by atoms with E-state index in [1.807, 2.05) is 24.6 Å². The van der Waals surface area contributed by atoms with E-state index in [2.05, 4.69) is 26.0 Å². The number of aryl methyl sites for hydroxylation is 1. The van der Waals surface area contributed by atoms with Gasteiger partial charge in [0, 0.05) is 16.8 Å². The van der Waals surface area contributed by atoms with Crippen LogP contribution in [0.1, 0.15) is 32.4 Å². The van der Waals surface area contributed by atoms with Gasteiger partial charge in [-0.1, -0.05) is 6.07 Å². The summed E-state index contributed by atoms with van der Waals surface area (Å²) in [7, 11) is 1.86. The molecule has 0 fully saturated rings. The van der Waals surface area contributed by atoms with Crippen LogP contribution in [-0.4, -0.2) is 17.9 Å². The third-order valence-corrected chi connectivity index (χ3v) is 4.83. The van der Waals surface area contributed by atoms with Gasteiger partial charge in [0.05, 0.1) is 10.9 Å². The lowest BCUT2D eigenvalue weighted by molar-refractivity contribution is 0.0750. The fraction of sp³-hybridized carbons (Fsp3) is 0.308. The highest BCUT2D eigenvalue weighted by Gasteiger charge is 2.20. The van der Waals surface area contributed by atoms with Gasteiger partial charge in [-0.2, -0.15) is 0 Å². The highest BCUT2D eigenvalue weighted by Crippen LogP contribution is 2.27. The van der Waals surface area contributed by atoms with Crippen molar-refractivity contribution >= 4 is 28.6 Å². The largest absolute Gasteiger partial charge is 0.333 e. The summed E-state index contributed by atoms with van der Waals surface area (Å²) in [5.41, 5.74) is 0. The van der Waals surface area contributed by atoms with Crippen LogP contribution in [0, 0.1) is 6.92 Å². The van der Waals surface area contributed by atoms with E-state index in [4.69, 9.17) is 0 Å². The van der Waals surface area contributed by atoms with E-state index in [1.165, 1.54) is 21.1 Å². The van der Waals surface area contributed by atoms with Gasteiger partial charge in [0.1, 0.15) is 0 Å². The zero-order valence-electron chi connectivity index (χ0n) is 10.1. The monoisotopic (exact) mass is 265 g/mol. The molecule has 1 amide bonds. The van der Waals surface area contributed by atoms with Crippen molar-refractivity contribution in [3.63, 3.8) is 0 Å². The molecular weight excluding hydrogens is 250 g/mol. The Bertz CT molecular complexity index is 501. The van der Waals surface area contributed by atoms with E-state index in [1.54, 1.807) is 16.2 Å². The lowest BCUT2D eigenvalue weighted by Crippen LogP contribution is -2.28. The lowest BCUT2D eigenvalue weighted by atomic mass is 10.2. The van der Waals surface area contributed by atoms with Gasteiger partial charge in [-0.15, -0.1) is 22.7 Å². The minimum Gasteiger partial charge on any atom is -0.333 e. The van der Waals surface area contributed by atoms with E-state index in [9.17, 15) is 4.79 Å². The van der Waals surface area contributed by atoms with Crippen LogP contribution in [0.2, 0.25) is 0 Å². The van der Waals surface area contributed by atoms with Crippen LogP contribution in [-0.2, 0) is 0 Å². The van der Waals surface area contributed by atoms with E-state index < -0.39 is 0 Å². The molecule has 2 heterocycles. The Morgan fingerprint density at radius 2 is 2.12 bits per heavy atom. The maximum Gasteiger partial charge on any atom is 0.264 e. The molecule has 0 radical (unpaired) electrons. The number of thiophene rings is 2. The summed E-state index contributed by atoms with van der Waals surface area (Å²) in [5.74, 6) is 0.0959. The van der Waals surface area contributed by atoms with Crippen LogP contribution in [0.5, 0.6) is 0 Å². The number of amides is 1. The molecule has 2 aromatic rings. The summed E-state index contributed by atoms with van der Waals surface area (Å²) in [6.07, 6.45) is 0. The summed E-state index contributed by atoms with van der Waals surface area (Å²) >= 11 is 3.24. The molecule has 0 saturated heterocycles. The molecule has 2 nitrogen and oxygen atoms in total. The molecular formula is C13H15NOS2. The van der Waals surface area contributed by atoms with E-state index in [0.29, 0.717) is 0 Å². The molecule has 17 heavy (non-hydrogen) atoms. The Balaban J connectivity index is 2.15. The van der Waals surface area contributed by atoms with E-state index >= 15 is 0 Å². The zero-order chi connectivity index (χ0) is 12.4. The number of carbonyl (C=O) groups excluding carboxylic acids is 1. The quantitative estimate of drug-likeness (QED) is 0.823. The summed E-state index contributed by atoms with van der Waals surface area (Å²) in [6.45, 7) is 4.15. The molecule has 0 bridgehead atoms. The average molecular weight is 265 g/mol. The summed E-state index contributed by atoms with van der Waals surface area (Å²) < 4.78 is 0. The van der Waals surface area contributed by atoms with Gasteiger partial charge in [0.2, 0.25) is 0 Å². The first-order chi connectivity index (χ1) is 8.09. The summed E-state index contributed by atoms with van der Waals surface area (Å²) in [5, 5.41) is 1.93. The molecule has 1 unspecified atom stereocenters. The molecule has 1 atom stereocenters. The first kappa shape index (κ1) is 12.3. The predicted molar refractivity (Wildman–Crippen MR) is 73.9 cm³/mol. The molecule has 4 heteroatoms. The average Bonchev–Trinajstić information content (AvgIpc) is 2.96. The minimum atomic E-state index is 0.0959.